The van der Waals surface area contributed by atoms with Crippen molar-refractivity contribution in [3.63, 3.8) is 0 Å². The number of nitrogens with zero attached hydrogens (tertiary/aromatic N) is 5. The largest absolute Gasteiger partial charge is 0.326 e. The molecule has 0 saturated heterocycles. The molecule has 0 aliphatic rings. The lowest BCUT2D eigenvalue weighted by molar-refractivity contribution is -0.115. The molecule has 3 aromatic heterocycles. The van der Waals surface area contributed by atoms with E-state index in [9.17, 15) is 4.79 Å². The molecule has 0 fully saturated rings. The topological polar surface area (TPSA) is 85.1 Å². The second-order valence-corrected chi connectivity index (χ2v) is 6.74. The normalized spacial score (nSPS) is 11.0. The van der Waals surface area contributed by atoms with Gasteiger partial charge in [0.25, 0.3) is 5.78 Å². The molecule has 140 valence electrons. The summed E-state index contributed by atoms with van der Waals surface area (Å²) >= 11 is 0. The van der Waals surface area contributed by atoms with E-state index in [1.165, 1.54) is 0 Å². The summed E-state index contributed by atoms with van der Waals surface area (Å²) in [7, 11) is 0. The lowest BCUT2D eigenvalue weighted by Gasteiger charge is -2.11. The smallest absolute Gasteiger partial charge is 0.253 e. The first-order valence-electron chi connectivity index (χ1n) is 9.01. The van der Waals surface area contributed by atoms with Crippen LogP contribution in [0, 0.1) is 20.8 Å². The van der Waals surface area contributed by atoms with Gasteiger partial charge in [0.05, 0.1) is 6.42 Å². The molecule has 1 amide bonds. The molecule has 4 aromatic rings. The van der Waals surface area contributed by atoms with Gasteiger partial charge in [0.2, 0.25) is 5.91 Å². The molecule has 0 radical (unpaired) electrons. The average Bonchev–Trinajstić information content (AvgIpc) is 3.12. The van der Waals surface area contributed by atoms with Gasteiger partial charge in [-0.2, -0.15) is 4.98 Å². The van der Waals surface area contributed by atoms with Crippen molar-refractivity contribution in [2.45, 2.75) is 27.2 Å². The molecule has 0 saturated carbocycles. The highest BCUT2D eigenvalue weighted by Gasteiger charge is 2.17. The van der Waals surface area contributed by atoms with Crippen molar-refractivity contribution < 1.29 is 4.79 Å². The molecule has 28 heavy (non-hydrogen) atoms. The number of nitrogens with one attached hydrogen (secondary N) is 1. The highest BCUT2D eigenvalue weighted by molar-refractivity contribution is 5.92. The van der Waals surface area contributed by atoms with Gasteiger partial charge >= 0.3 is 0 Å². The van der Waals surface area contributed by atoms with Crippen LogP contribution >= 0.6 is 0 Å². The summed E-state index contributed by atoms with van der Waals surface area (Å²) in [5.74, 6) is 0.977. The lowest BCUT2D eigenvalue weighted by Crippen LogP contribution is -2.17. The van der Waals surface area contributed by atoms with Gasteiger partial charge < -0.3 is 5.32 Å². The number of carbonyl (C=O) groups is 1. The number of fused-ring (bicyclic) bond motifs is 1. The number of rotatable bonds is 4. The first kappa shape index (κ1) is 17.8. The number of hydrogen-bond donors (Lipinski definition) is 1. The third kappa shape index (κ3) is 3.46. The second-order valence-electron chi connectivity index (χ2n) is 6.74. The summed E-state index contributed by atoms with van der Waals surface area (Å²) in [4.78, 5) is 25.7. The van der Waals surface area contributed by atoms with E-state index in [4.69, 9.17) is 0 Å². The maximum Gasteiger partial charge on any atom is 0.253 e. The predicted molar refractivity (Wildman–Crippen MR) is 107 cm³/mol. The third-order valence-corrected chi connectivity index (χ3v) is 4.64. The SMILES string of the molecule is Cc1ccc(NC(=O)Cc2c(C)nc3nc(-c4cccnc4)nn3c2C)cc1. The fourth-order valence-electron chi connectivity index (χ4n) is 3.08. The quantitative estimate of drug-likeness (QED) is 0.594. The van der Waals surface area contributed by atoms with E-state index in [1.807, 2.05) is 57.2 Å². The van der Waals surface area contributed by atoms with Crippen molar-refractivity contribution in [1.82, 2.24) is 24.6 Å². The Kier molecular flexibility index (Phi) is 4.57. The Hall–Kier alpha value is -3.61. The summed E-state index contributed by atoms with van der Waals surface area (Å²) in [6.45, 7) is 5.83. The molecule has 1 aromatic carbocycles. The average molecular weight is 372 g/mol. The van der Waals surface area contributed by atoms with Crippen LogP contribution in [0.4, 0.5) is 5.69 Å². The Bertz CT molecular complexity index is 1150. The van der Waals surface area contributed by atoms with Crippen LogP contribution in [-0.2, 0) is 11.2 Å². The van der Waals surface area contributed by atoms with Crippen LogP contribution in [0.2, 0.25) is 0 Å². The fraction of sp³-hybridized carbons (Fsp3) is 0.190. The maximum atomic E-state index is 12.5. The summed E-state index contributed by atoms with van der Waals surface area (Å²) in [6, 6.07) is 11.5. The van der Waals surface area contributed by atoms with Gasteiger partial charge in [-0.3, -0.25) is 9.78 Å². The number of anilines is 1. The summed E-state index contributed by atoms with van der Waals surface area (Å²) in [5.41, 5.74) is 5.22. The van der Waals surface area contributed by atoms with E-state index in [-0.39, 0.29) is 12.3 Å². The zero-order valence-electron chi connectivity index (χ0n) is 16.0. The molecule has 0 bridgehead atoms. The number of amides is 1. The van der Waals surface area contributed by atoms with E-state index in [0.29, 0.717) is 11.6 Å². The van der Waals surface area contributed by atoms with Crippen molar-refractivity contribution in [2.75, 3.05) is 5.32 Å². The molecule has 0 aliphatic carbocycles. The van der Waals surface area contributed by atoms with E-state index < -0.39 is 0 Å². The van der Waals surface area contributed by atoms with E-state index in [2.05, 4.69) is 25.4 Å². The van der Waals surface area contributed by atoms with Crippen LogP contribution in [0.1, 0.15) is 22.5 Å². The first-order valence-corrected chi connectivity index (χ1v) is 9.01. The van der Waals surface area contributed by atoms with Gasteiger partial charge in [0, 0.05) is 40.6 Å². The standard InChI is InChI=1S/C21H20N6O/c1-13-6-8-17(9-7-13)24-19(28)11-18-14(2)23-21-25-20(26-27(21)15(18)3)16-5-4-10-22-12-16/h4-10,12H,11H2,1-3H3,(H,24,28). The minimum Gasteiger partial charge on any atom is -0.326 e. The number of carbonyl (C=O) groups excluding carboxylic acids is 1. The number of aryl methyl sites for hydroxylation is 3. The van der Waals surface area contributed by atoms with Crippen LogP contribution in [0.15, 0.2) is 48.8 Å². The number of benzene rings is 1. The highest BCUT2D eigenvalue weighted by atomic mass is 16.1. The molecule has 3 heterocycles. The Morgan fingerprint density at radius 3 is 2.57 bits per heavy atom. The molecule has 0 unspecified atom stereocenters. The molecular weight excluding hydrogens is 352 g/mol. The van der Waals surface area contributed by atoms with E-state index in [0.717, 1.165) is 33.8 Å². The number of hydrogen-bond acceptors (Lipinski definition) is 5. The zero-order chi connectivity index (χ0) is 19.7. The highest BCUT2D eigenvalue weighted by Crippen LogP contribution is 2.19. The van der Waals surface area contributed by atoms with E-state index >= 15 is 0 Å². The van der Waals surface area contributed by atoms with Crippen molar-refractivity contribution in [2.24, 2.45) is 0 Å². The van der Waals surface area contributed by atoms with Crippen LogP contribution in [0.5, 0.6) is 0 Å². The monoisotopic (exact) mass is 372 g/mol. The van der Waals surface area contributed by atoms with Crippen LogP contribution < -0.4 is 5.32 Å². The second kappa shape index (κ2) is 7.19. The molecule has 7 heteroatoms. The third-order valence-electron chi connectivity index (χ3n) is 4.64. The molecule has 1 N–H and O–H groups in total. The summed E-state index contributed by atoms with van der Waals surface area (Å²) in [6.07, 6.45) is 3.64. The van der Waals surface area contributed by atoms with Gasteiger partial charge in [-0.1, -0.05) is 17.7 Å². The lowest BCUT2D eigenvalue weighted by atomic mass is 10.1. The van der Waals surface area contributed by atoms with Crippen LogP contribution in [0.3, 0.4) is 0 Å². The van der Waals surface area contributed by atoms with Gasteiger partial charge in [-0.25, -0.2) is 9.50 Å². The van der Waals surface area contributed by atoms with Gasteiger partial charge in [-0.05, 0) is 45.0 Å². The van der Waals surface area contributed by atoms with Crippen molar-refractivity contribution >= 4 is 17.4 Å². The van der Waals surface area contributed by atoms with Gasteiger partial charge in [0.1, 0.15) is 0 Å². The van der Waals surface area contributed by atoms with Gasteiger partial charge in [-0.15, -0.1) is 5.10 Å². The minimum atomic E-state index is -0.0937. The Labute approximate surface area is 162 Å². The molecular formula is C21H20N6O. The Balaban J connectivity index is 1.63. The summed E-state index contributed by atoms with van der Waals surface area (Å²) in [5, 5.41) is 7.49. The van der Waals surface area contributed by atoms with Crippen molar-refractivity contribution in [3.05, 3.63) is 71.3 Å². The Morgan fingerprint density at radius 1 is 1.07 bits per heavy atom. The minimum absolute atomic E-state index is 0.0937. The van der Waals surface area contributed by atoms with Crippen LogP contribution in [-0.4, -0.2) is 30.5 Å². The van der Waals surface area contributed by atoms with Crippen molar-refractivity contribution in [3.8, 4) is 11.4 Å². The molecule has 0 atom stereocenters. The molecule has 4 rings (SSSR count). The fourth-order valence-corrected chi connectivity index (χ4v) is 3.08. The maximum absolute atomic E-state index is 12.5. The summed E-state index contributed by atoms with van der Waals surface area (Å²) < 4.78 is 1.68. The molecule has 0 spiro atoms. The predicted octanol–water partition coefficient (Wildman–Crippen LogP) is 3.29. The molecule has 0 aliphatic heterocycles. The Morgan fingerprint density at radius 2 is 1.86 bits per heavy atom. The number of pyridine rings is 1. The van der Waals surface area contributed by atoms with Crippen molar-refractivity contribution in [1.29, 1.82) is 0 Å². The first-order chi connectivity index (χ1) is 13.5. The molecule has 7 nitrogen and oxygen atoms in total. The number of aromatic nitrogens is 5. The van der Waals surface area contributed by atoms with E-state index in [1.54, 1.807) is 16.9 Å². The zero-order valence-corrected chi connectivity index (χ0v) is 16.0. The van der Waals surface area contributed by atoms with Crippen LogP contribution in [0.25, 0.3) is 17.2 Å². The van der Waals surface area contributed by atoms with Gasteiger partial charge in [0.15, 0.2) is 5.82 Å².